The zero-order valence-electron chi connectivity index (χ0n) is 10.1. The lowest BCUT2D eigenvalue weighted by atomic mass is 9.97. The first kappa shape index (κ1) is 12.1. The summed E-state index contributed by atoms with van der Waals surface area (Å²) in [6, 6.07) is 1.79. The topological polar surface area (TPSA) is 93.3 Å². The minimum atomic E-state index is -0.840. The van der Waals surface area contributed by atoms with E-state index in [4.69, 9.17) is 10.5 Å². The van der Waals surface area contributed by atoms with E-state index in [2.05, 4.69) is 15.3 Å². The molecule has 1 aromatic rings. The molecule has 0 saturated carbocycles. The van der Waals surface area contributed by atoms with Gasteiger partial charge in [0.15, 0.2) is 0 Å². The normalized spacial score (nSPS) is 28.3. The van der Waals surface area contributed by atoms with Crippen molar-refractivity contribution in [2.75, 3.05) is 24.2 Å². The molecule has 0 amide bonds. The molecule has 17 heavy (non-hydrogen) atoms. The predicted octanol–water partition coefficient (Wildman–Crippen LogP) is 0.319. The van der Waals surface area contributed by atoms with Gasteiger partial charge in [0.2, 0.25) is 5.95 Å². The molecule has 2 unspecified atom stereocenters. The average molecular weight is 238 g/mol. The van der Waals surface area contributed by atoms with Gasteiger partial charge in [-0.25, -0.2) is 4.98 Å². The van der Waals surface area contributed by atoms with Gasteiger partial charge in [0.05, 0.1) is 6.10 Å². The van der Waals surface area contributed by atoms with E-state index in [-0.39, 0.29) is 12.1 Å². The fourth-order valence-electron chi connectivity index (χ4n) is 1.93. The summed E-state index contributed by atoms with van der Waals surface area (Å²) in [6.07, 6.45) is 0.455. The van der Waals surface area contributed by atoms with Crippen LogP contribution in [0.4, 0.5) is 11.8 Å². The lowest BCUT2D eigenvalue weighted by Gasteiger charge is -2.26. The molecule has 1 aromatic heterocycles. The van der Waals surface area contributed by atoms with Crippen molar-refractivity contribution < 1.29 is 9.84 Å². The fraction of sp³-hybridized carbons (Fsp3) is 0.636. The summed E-state index contributed by atoms with van der Waals surface area (Å²) in [4.78, 5) is 8.04. The predicted molar refractivity (Wildman–Crippen MR) is 64.7 cm³/mol. The van der Waals surface area contributed by atoms with Gasteiger partial charge in [0.1, 0.15) is 11.4 Å². The summed E-state index contributed by atoms with van der Waals surface area (Å²) in [5.41, 5.74) is 5.51. The van der Waals surface area contributed by atoms with Crippen LogP contribution < -0.4 is 11.1 Å². The minimum Gasteiger partial charge on any atom is -0.385 e. The van der Waals surface area contributed by atoms with Crippen LogP contribution >= 0.6 is 0 Å². The Morgan fingerprint density at radius 2 is 2.41 bits per heavy atom. The van der Waals surface area contributed by atoms with Crippen LogP contribution in [0, 0.1) is 6.92 Å². The average Bonchev–Trinajstić information content (AvgIpc) is 2.56. The maximum absolute atomic E-state index is 10.3. The molecule has 0 aliphatic carbocycles. The minimum absolute atomic E-state index is 0.171. The Balaban J connectivity index is 2.02. The van der Waals surface area contributed by atoms with Crippen molar-refractivity contribution >= 4 is 11.8 Å². The summed E-state index contributed by atoms with van der Waals surface area (Å²) < 4.78 is 5.36. The largest absolute Gasteiger partial charge is 0.385 e. The summed E-state index contributed by atoms with van der Waals surface area (Å²) in [7, 11) is 0. The molecule has 4 N–H and O–H groups in total. The van der Waals surface area contributed by atoms with Crippen molar-refractivity contribution in [1.82, 2.24) is 9.97 Å². The van der Waals surface area contributed by atoms with Gasteiger partial charge in [-0.2, -0.15) is 4.98 Å². The molecule has 0 radical (unpaired) electrons. The number of aryl methyl sites for hydroxylation is 1. The lowest BCUT2D eigenvalue weighted by Crippen LogP contribution is -2.43. The van der Waals surface area contributed by atoms with Crippen molar-refractivity contribution in [3.8, 4) is 0 Å². The molecule has 0 spiro atoms. The SMILES string of the molecule is Cc1cc(NCC2(O)CCOC2C)nc(N)n1. The second kappa shape index (κ2) is 4.46. The number of hydrogen-bond acceptors (Lipinski definition) is 6. The van der Waals surface area contributed by atoms with Crippen LogP contribution in [-0.2, 0) is 4.74 Å². The van der Waals surface area contributed by atoms with E-state index in [0.717, 1.165) is 5.69 Å². The number of nitrogens with one attached hydrogen (secondary N) is 1. The highest BCUT2D eigenvalue weighted by atomic mass is 16.5. The van der Waals surface area contributed by atoms with Gasteiger partial charge in [0, 0.05) is 31.3 Å². The van der Waals surface area contributed by atoms with E-state index in [1.807, 2.05) is 13.8 Å². The van der Waals surface area contributed by atoms with Gasteiger partial charge < -0.3 is 20.9 Å². The maximum Gasteiger partial charge on any atom is 0.222 e. The van der Waals surface area contributed by atoms with Crippen LogP contribution in [0.25, 0.3) is 0 Å². The molecule has 94 valence electrons. The number of nitrogens with zero attached hydrogens (tertiary/aromatic N) is 2. The van der Waals surface area contributed by atoms with Crippen molar-refractivity contribution in [1.29, 1.82) is 0 Å². The maximum atomic E-state index is 10.3. The Morgan fingerprint density at radius 3 is 3.00 bits per heavy atom. The highest BCUT2D eigenvalue weighted by Crippen LogP contribution is 2.25. The van der Waals surface area contributed by atoms with Gasteiger partial charge >= 0.3 is 0 Å². The molecule has 2 rings (SSSR count). The van der Waals surface area contributed by atoms with E-state index in [1.165, 1.54) is 0 Å². The van der Waals surface area contributed by atoms with E-state index < -0.39 is 5.60 Å². The fourth-order valence-corrected chi connectivity index (χ4v) is 1.93. The molecule has 1 aliphatic rings. The van der Waals surface area contributed by atoms with Gasteiger partial charge in [-0.15, -0.1) is 0 Å². The first-order chi connectivity index (χ1) is 7.99. The Bertz CT molecular complexity index is 392. The molecular weight excluding hydrogens is 220 g/mol. The van der Waals surface area contributed by atoms with Crippen molar-refractivity contribution in [3.05, 3.63) is 11.8 Å². The number of aromatic nitrogens is 2. The van der Waals surface area contributed by atoms with Gasteiger partial charge in [0.25, 0.3) is 0 Å². The Labute approximate surface area is 100 Å². The quantitative estimate of drug-likeness (QED) is 0.702. The first-order valence-electron chi connectivity index (χ1n) is 5.69. The summed E-state index contributed by atoms with van der Waals surface area (Å²) in [5, 5.41) is 13.4. The van der Waals surface area contributed by atoms with E-state index in [0.29, 0.717) is 25.4 Å². The standard InChI is InChI=1S/C11H18N4O2/c1-7-5-9(15-10(12)14-7)13-6-11(16)3-4-17-8(11)2/h5,8,16H,3-4,6H2,1-2H3,(H3,12,13,14,15). The second-order valence-corrected chi connectivity index (χ2v) is 4.47. The lowest BCUT2D eigenvalue weighted by molar-refractivity contribution is -0.0176. The number of hydrogen-bond donors (Lipinski definition) is 3. The van der Waals surface area contributed by atoms with E-state index >= 15 is 0 Å². The third kappa shape index (κ3) is 2.65. The van der Waals surface area contributed by atoms with Crippen molar-refractivity contribution in [2.24, 2.45) is 0 Å². The molecule has 6 nitrogen and oxygen atoms in total. The van der Waals surface area contributed by atoms with Gasteiger partial charge in [-0.1, -0.05) is 0 Å². The first-order valence-corrected chi connectivity index (χ1v) is 5.69. The third-order valence-corrected chi connectivity index (χ3v) is 3.11. The second-order valence-electron chi connectivity index (χ2n) is 4.47. The van der Waals surface area contributed by atoms with Crippen LogP contribution in [0.5, 0.6) is 0 Å². The Hall–Kier alpha value is -1.40. The number of rotatable bonds is 3. The Kier molecular flexibility index (Phi) is 3.17. The summed E-state index contributed by atoms with van der Waals surface area (Å²) >= 11 is 0. The van der Waals surface area contributed by atoms with Crippen LogP contribution in [0.2, 0.25) is 0 Å². The van der Waals surface area contributed by atoms with E-state index in [9.17, 15) is 5.11 Å². The van der Waals surface area contributed by atoms with Crippen LogP contribution in [0.3, 0.4) is 0 Å². The summed E-state index contributed by atoms with van der Waals surface area (Å²) in [5.74, 6) is 0.859. The molecule has 0 bridgehead atoms. The van der Waals surface area contributed by atoms with Gasteiger partial charge in [-0.05, 0) is 13.8 Å². The number of nitrogens with two attached hydrogens (primary N) is 1. The Morgan fingerprint density at radius 1 is 1.65 bits per heavy atom. The molecule has 1 saturated heterocycles. The third-order valence-electron chi connectivity index (χ3n) is 3.11. The van der Waals surface area contributed by atoms with Crippen LogP contribution in [0.15, 0.2) is 6.07 Å². The molecule has 1 fully saturated rings. The molecule has 1 aliphatic heterocycles. The number of anilines is 2. The number of aliphatic hydroxyl groups is 1. The van der Waals surface area contributed by atoms with Crippen LogP contribution in [0.1, 0.15) is 19.0 Å². The smallest absolute Gasteiger partial charge is 0.222 e. The molecule has 2 atom stereocenters. The van der Waals surface area contributed by atoms with Gasteiger partial charge in [-0.3, -0.25) is 0 Å². The monoisotopic (exact) mass is 238 g/mol. The van der Waals surface area contributed by atoms with Crippen molar-refractivity contribution in [3.63, 3.8) is 0 Å². The van der Waals surface area contributed by atoms with E-state index in [1.54, 1.807) is 6.07 Å². The molecule has 0 aromatic carbocycles. The zero-order chi connectivity index (χ0) is 12.5. The highest BCUT2D eigenvalue weighted by Gasteiger charge is 2.39. The number of ether oxygens (including phenoxy) is 1. The zero-order valence-corrected chi connectivity index (χ0v) is 10.1. The van der Waals surface area contributed by atoms with Crippen molar-refractivity contribution in [2.45, 2.75) is 32.0 Å². The summed E-state index contributed by atoms with van der Waals surface area (Å²) in [6.45, 7) is 4.70. The molecule has 6 heteroatoms. The number of nitrogen functional groups attached to an aromatic ring is 1. The molecule has 2 heterocycles. The van der Waals surface area contributed by atoms with Crippen LogP contribution in [-0.4, -0.2) is 39.9 Å². The highest BCUT2D eigenvalue weighted by molar-refractivity contribution is 5.40. The molecular formula is C11H18N4O2.